The molecular formula is C16H25ClN2O. The van der Waals surface area contributed by atoms with Gasteiger partial charge in [-0.3, -0.25) is 4.90 Å². The van der Waals surface area contributed by atoms with E-state index in [4.69, 9.17) is 22.1 Å². The van der Waals surface area contributed by atoms with Gasteiger partial charge in [0.15, 0.2) is 0 Å². The van der Waals surface area contributed by atoms with Crippen molar-refractivity contribution < 1.29 is 4.74 Å². The Labute approximate surface area is 127 Å². The summed E-state index contributed by atoms with van der Waals surface area (Å²) in [7, 11) is 0. The molecule has 3 nitrogen and oxygen atoms in total. The second kappa shape index (κ2) is 6.90. The smallest absolute Gasteiger partial charge is 0.0594 e. The highest BCUT2D eigenvalue weighted by Crippen LogP contribution is 2.27. The Morgan fingerprint density at radius 2 is 2.00 bits per heavy atom. The van der Waals surface area contributed by atoms with Gasteiger partial charge in [-0.1, -0.05) is 36.7 Å². The molecule has 0 bridgehead atoms. The first-order valence-electron chi connectivity index (χ1n) is 7.39. The van der Waals surface area contributed by atoms with Crippen LogP contribution in [0.1, 0.15) is 25.8 Å². The fourth-order valence-electron chi connectivity index (χ4n) is 2.92. The van der Waals surface area contributed by atoms with Crippen molar-refractivity contribution in [2.24, 2.45) is 5.73 Å². The number of nitrogens with two attached hydrogens (primary N) is 1. The lowest BCUT2D eigenvalue weighted by Crippen LogP contribution is -2.61. The van der Waals surface area contributed by atoms with E-state index in [2.05, 4.69) is 24.8 Å². The highest BCUT2D eigenvalue weighted by molar-refractivity contribution is 6.31. The van der Waals surface area contributed by atoms with Crippen LogP contribution in [0.2, 0.25) is 5.02 Å². The minimum absolute atomic E-state index is 0.0110. The Bertz CT molecular complexity index is 434. The fraction of sp³-hybridized carbons (Fsp3) is 0.625. The molecule has 112 valence electrons. The average molecular weight is 297 g/mol. The van der Waals surface area contributed by atoms with Crippen molar-refractivity contribution in [3.63, 3.8) is 0 Å². The zero-order chi connectivity index (χ0) is 14.6. The molecule has 2 atom stereocenters. The molecule has 0 amide bonds. The monoisotopic (exact) mass is 296 g/mol. The van der Waals surface area contributed by atoms with E-state index in [1.807, 2.05) is 18.2 Å². The maximum atomic E-state index is 6.55. The van der Waals surface area contributed by atoms with Crippen molar-refractivity contribution in [2.75, 3.05) is 26.3 Å². The van der Waals surface area contributed by atoms with Gasteiger partial charge in [0.25, 0.3) is 0 Å². The molecule has 1 saturated heterocycles. The predicted molar refractivity (Wildman–Crippen MR) is 84.2 cm³/mol. The van der Waals surface area contributed by atoms with Crippen molar-refractivity contribution >= 4 is 11.6 Å². The van der Waals surface area contributed by atoms with E-state index in [9.17, 15) is 0 Å². The number of rotatable bonds is 5. The highest BCUT2D eigenvalue weighted by atomic mass is 35.5. The first kappa shape index (κ1) is 15.8. The predicted octanol–water partition coefficient (Wildman–Crippen LogP) is 2.71. The van der Waals surface area contributed by atoms with Gasteiger partial charge in [-0.05, 0) is 31.4 Å². The quantitative estimate of drug-likeness (QED) is 0.908. The summed E-state index contributed by atoms with van der Waals surface area (Å²) in [6, 6.07) is 8.04. The van der Waals surface area contributed by atoms with Crippen LogP contribution in [0.25, 0.3) is 0 Å². The molecule has 1 fully saturated rings. The molecule has 4 heteroatoms. The molecule has 2 N–H and O–H groups in total. The molecule has 20 heavy (non-hydrogen) atoms. The third-order valence-corrected chi connectivity index (χ3v) is 5.01. The summed E-state index contributed by atoms with van der Waals surface area (Å²) in [4.78, 5) is 2.47. The molecule has 2 rings (SSSR count). The number of hydrogen-bond donors (Lipinski definition) is 1. The molecule has 0 aliphatic carbocycles. The van der Waals surface area contributed by atoms with Gasteiger partial charge in [0.05, 0.1) is 13.2 Å². The normalized spacial score (nSPS) is 21.4. The molecule has 0 saturated carbocycles. The fourth-order valence-corrected chi connectivity index (χ4v) is 3.13. The maximum absolute atomic E-state index is 6.55. The van der Waals surface area contributed by atoms with Crippen molar-refractivity contribution in [3.05, 3.63) is 34.9 Å². The molecule has 0 spiro atoms. The average Bonchev–Trinajstić information content (AvgIpc) is 2.49. The van der Waals surface area contributed by atoms with Gasteiger partial charge in [-0.25, -0.2) is 0 Å². The Kier molecular flexibility index (Phi) is 5.44. The van der Waals surface area contributed by atoms with Crippen molar-refractivity contribution in [3.8, 4) is 0 Å². The maximum Gasteiger partial charge on any atom is 0.0594 e. The molecule has 1 aliphatic rings. The summed E-state index contributed by atoms with van der Waals surface area (Å²) in [5, 5.41) is 0.809. The van der Waals surface area contributed by atoms with Crippen LogP contribution >= 0.6 is 11.6 Å². The van der Waals surface area contributed by atoms with Crippen LogP contribution in [0.15, 0.2) is 24.3 Å². The van der Waals surface area contributed by atoms with Crippen LogP contribution in [0.4, 0.5) is 0 Å². The van der Waals surface area contributed by atoms with E-state index in [0.29, 0.717) is 0 Å². The Morgan fingerprint density at radius 1 is 1.35 bits per heavy atom. The Hall–Kier alpha value is -0.610. The van der Waals surface area contributed by atoms with Crippen LogP contribution in [-0.4, -0.2) is 42.8 Å². The first-order chi connectivity index (χ1) is 9.58. The number of nitrogens with zero attached hydrogens (tertiary/aromatic N) is 1. The lowest BCUT2D eigenvalue weighted by molar-refractivity contribution is -0.0272. The van der Waals surface area contributed by atoms with E-state index in [1.165, 1.54) is 0 Å². The number of hydrogen-bond acceptors (Lipinski definition) is 3. The highest BCUT2D eigenvalue weighted by Gasteiger charge is 2.37. The van der Waals surface area contributed by atoms with Crippen LogP contribution in [0.5, 0.6) is 0 Å². The third kappa shape index (κ3) is 3.34. The van der Waals surface area contributed by atoms with Crippen molar-refractivity contribution in [1.29, 1.82) is 0 Å². The van der Waals surface area contributed by atoms with Crippen LogP contribution in [0, 0.1) is 0 Å². The summed E-state index contributed by atoms with van der Waals surface area (Å²) in [6.07, 6.45) is 1.83. The zero-order valence-electron chi connectivity index (χ0n) is 12.4. The van der Waals surface area contributed by atoms with Gasteiger partial charge in [0.1, 0.15) is 0 Å². The summed E-state index contributed by atoms with van der Waals surface area (Å²) in [5.74, 6) is 0. The molecular weight excluding hydrogens is 272 g/mol. The summed E-state index contributed by atoms with van der Waals surface area (Å²) in [5.41, 5.74) is 7.68. The lowest BCUT2D eigenvalue weighted by Gasteiger charge is -2.46. The Balaban J connectivity index is 2.11. The van der Waals surface area contributed by atoms with Crippen molar-refractivity contribution in [1.82, 2.24) is 4.90 Å². The van der Waals surface area contributed by atoms with Gasteiger partial charge in [0, 0.05) is 29.7 Å². The van der Waals surface area contributed by atoms with E-state index in [0.717, 1.165) is 49.7 Å². The number of halogens is 1. The van der Waals surface area contributed by atoms with Gasteiger partial charge in [0.2, 0.25) is 0 Å². The molecule has 1 aromatic rings. The minimum Gasteiger partial charge on any atom is -0.379 e. The van der Waals surface area contributed by atoms with E-state index >= 15 is 0 Å². The largest absolute Gasteiger partial charge is 0.379 e. The van der Waals surface area contributed by atoms with Gasteiger partial charge in [-0.15, -0.1) is 0 Å². The molecule has 2 unspecified atom stereocenters. The van der Waals surface area contributed by atoms with Gasteiger partial charge in [-0.2, -0.15) is 0 Å². The molecule has 0 aromatic heterocycles. The molecule has 1 aliphatic heterocycles. The standard InChI is InChI=1S/C16H25ClN2O/c1-3-16(2,19-8-10-20-11-9-19)15(18)12-13-6-4-5-7-14(13)17/h4-7,15H,3,8-12,18H2,1-2H3. The van der Waals surface area contributed by atoms with Gasteiger partial charge < -0.3 is 10.5 Å². The van der Waals surface area contributed by atoms with E-state index in [-0.39, 0.29) is 11.6 Å². The molecule has 1 heterocycles. The number of ether oxygens (including phenoxy) is 1. The summed E-state index contributed by atoms with van der Waals surface area (Å²) >= 11 is 6.26. The van der Waals surface area contributed by atoms with Crippen LogP contribution in [0.3, 0.4) is 0 Å². The van der Waals surface area contributed by atoms with E-state index in [1.54, 1.807) is 0 Å². The summed E-state index contributed by atoms with van der Waals surface area (Å²) < 4.78 is 5.45. The SMILES string of the molecule is CCC(C)(C(N)Cc1ccccc1Cl)N1CCOCC1. The number of morpholine rings is 1. The molecule has 0 radical (unpaired) electrons. The Morgan fingerprint density at radius 3 is 2.60 bits per heavy atom. The molecule has 1 aromatic carbocycles. The van der Waals surface area contributed by atoms with Crippen LogP contribution in [-0.2, 0) is 11.2 Å². The number of benzene rings is 1. The van der Waals surface area contributed by atoms with Gasteiger partial charge >= 0.3 is 0 Å². The second-order valence-electron chi connectivity index (χ2n) is 5.71. The van der Waals surface area contributed by atoms with E-state index < -0.39 is 0 Å². The lowest BCUT2D eigenvalue weighted by atomic mass is 9.84. The summed E-state index contributed by atoms with van der Waals surface area (Å²) in [6.45, 7) is 7.99. The zero-order valence-corrected chi connectivity index (χ0v) is 13.2. The van der Waals surface area contributed by atoms with Crippen molar-refractivity contribution in [2.45, 2.75) is 38.3 Å². The topological polar surface area (TPSA) is 38.5 Å². The van der Waals surface area contributed by atoms with Crippen LogP contribution < -0.4 is 5.73 Å². The third-order valence-electron chi connectivity index (χ3n) is 4.65. The first-order valence-corrected chi connectivity index (χ1v) is 7.77. The minimum atomic E-state index is -0.0110. The second-order valence-corrected chi connectivity index (χ2v) is 6.12.